The molecule has 0 amide bonds. The third kappa shape index (κ3) is 3.13. The van der Waals surface area contributed by atoms with Gasteiger partial charge in [-0.25, -0.2) is 0 Å². The van der Waals surface area contributed by atoms with Gasteiger partial charge in [-0.1, -0.05) is 0 Å². The van der Waals surface area contributed by atoms with E-state index >= 15 is 0 Å². The zero-order chi connectivity index (χ0) is 12.1. The van der Waals surface area contributed by atoms with Crippen molar-refractivity contribution < 1.29 is 4.74 Å². The summed E-state index contributed by atoms with van der Waals surface area (Å²) in [6, 6.07) is 8.35. The van der Waals surface area contributed by atoms with Crippen LogP contribution in [-0.2, 0) is 0 Å². The second-order valence-corrected chi connectivity index (χ2v) is 4.73. The minimum Gasteiger partial charge on any atom is -0.497 e. The van der Waals surface area contributed by atoms with Gasteiger partial charge in [-0.15, -0.1) is 0 Å². The highest BCUT2D eigenvalue weighted by molar-refractivity contribution is 5.49. The minimum absolute atomic E-state index is 0.818. The zero-order valence-corrected chi connectivity index (χ0v) is 10.6. The Bertz CT molecular complexity index is 337. The number of hydrogen-bond acceptors (Lipinski definition) is 3. The van der Waals surface area contributed by atoms with Crippen molar-refractivity contribution in [2.45, 2.75) is 19.3 Å². The second-order valence-electron chi connectivity index (χ2n) is 4.73. The van der Waals surface area contributed by atoms with Crippen LogP contribution in [0.15, 0.2) is 24.3 Å². The van der Waals surface area contributed by atoms with Crippen LogP contribution in [0.1, 0.15) is 19.3 Å². The standard InChI is InChI=1S/C14H22N2O/c1-17-14-6-4-13(5-7-14)16-10-8-12(11-16)3-2-9-15/h4-7,12H,2-3,8-11,15H2,1H3. The summed E-state index contributed by atoms with van der Waals surface area (Å²) in [5, 5.41) is 0. The molecular formula is C14H22N2O. The molecule has 1 fully saturated rings. The van der Waals surface area contributed by atoms with E-state index in [2.05, 4.69) is 17.0 Å². The summed E-state index contributed by atoms with van der Waals surface area (Å²) in [4.78, 5) is 2.46. The predicted octanol–water partition coefficient (Wildman–Crippen LogP) is 2.26. The third-order valence-electron chi connectivity index (χ3n) is 3.54. The zero-order valence-electron chi connectivity index (χ0n) is 10.6. The van der Waals surface area contributed by atoms with Gasteiger partial charge in [0.1, 0.15) is 5.75 Å². The Hall–Kier alpha value is -1.22. The Morgan fingerprint density at radius 2 is 2.12 bits per heavy atom. The molecule has 1 aromatic rings. The highest BCUT2D eigenvalue weighted by Gasteiger charge is 2.21. The monoisotopic (exact) mass is 234 g/mol. The number of anilines is 1. The van der Waals surface area contributed by atoms with Gasteiger partial charge < -0.3 is 15.4 Å². The normalized spacial score (nSPS) is 19.6. The lowest BCUT2D eigenvalue weighted by molar-refractivity contribution is 0.415. The SMILES string of the molecule is COc1ccc(N2CCC(CCCN)C2)cc1. The van der Waals surface area contributed by atoms with Crippen LogP contribution in [0.5, 0.6) is 5.75 Å². The van der Waals surface area contributed by atoms with E-state index in [-0.39, 0.29) is 0 Å². The fourth-order valence-corrected chi connectivity index (χ4v) is 2.50. The van der Waals surface area contributed by atoms with Crippen LogP contribution in [0, 0.1) is 5.92 Å². The van der Waals surface area contributed by atoms with Crippen molar-refractivity contribution in [3.63, 3.8) is 0 Å². The molecule has 17 heavy (non-hydrogen) atoms. The average Bonchev–Trinajstić information content (AvgIpc) is 2.85. The van der Waals surface area contributed by atoms with E-state index in [0.29, 0.717) is 0 Å². The Morgan fingerprint density at radius 1 is 1.35 bits per heavy atom. The summed E-state index contributed by atoms with van der Waals surface area (Å²) in [5.74, 6) is 1.74. The van der Waals surface area contributed by atoms with E-state index in [4.69, 9.17) is 10.5 Å². The van der Waals surface area contributed by atoms with Crippen LogP contribution in [0.2, 0.25) is 0 Å². The second kappa shape index (κ2) is 5.92. The molecule has 1 heterocycles. The highest BCUT2D eigenvalue weighted by Crippen LogP contribution is 2.27. The summed E-state index contributed by atoms with van der Waals surface area (Å²) in [6.07, 6.45) is 3.72. The van der Waals surface area contributed by atoms with Crippen molar-refractivity contribution in [3.05, 3.63) is 24.3 Å². The molecule has 3 nitrogen and oxygen atoms in total. The van der Waals surface area contributed by atoms with Crippen LogP contribution in [0.4, 0.5) is 5.69 Å². The Labute approximate surface area is 104 Å². The molecule has 3 heteroatoms. The largest absolute Gasteiger partial charge is 0.497 e. The molecule has 1 unspecified atom stereocenters. The number of rotatable bonds is 5. The molecule has 2 N–H and O–H groups in total. The van der Waals surface area contributed by atoms with Gasteiger partial charge in [-0.3, -0.25) is 0 Å². The first-order valence-electron chi connectivity index (χ1n) is 6.42. The lowest BCUT2D eigenvalue weighted by Crippen LogP contribution is -2.19. The first kappa shape index (κ1) is 12.2. The van der Waals surface area contributed by atoms with Crippen molar-refractivity contribution in [1.82, 2.24) is 0 Å². The van der Waals surface area contributed by atoms with E-state index in [1.807, 2.05) is 12.1 Å². The van der Waals surface area contributed by atoms with E-state index in [0.717, 1.165) is 24.6 Å². The number of ether oxygens (including phenoxy) is 1. The number of nitrogens with zero attached hydrogens (tertiary/aromatic N) is 1. The van der Waals surface area contributed by atoms with Crippen LogP contribution < -0.4 is 15.4 Å². The van der Waals surface area contributed by atoms with Gasteiger partial charge in [0.25, 0.3) is 0 Å². The smallest absolute Gasteiger partial charge is 0.119 e. The first-order chi connectivity index (χ1) is 8.33. The highest BCUT2D eigenvalue weighted by atomic mass is 16.5. The Kier molecular flexibility index (Phi) is 4.26. The summed E-state index contributed by atoms with van der Waals surface area (Å²) in [5.41, 5.74) is 6.86. The summed E-state index contributed by atoms with van der Waals surface area (Å²) in [6.45, 7) is 3.16. The fourth-order valence-electron chi connectivity index (χ4n) is 2.50. The van der Waals surface area contributed by atoms with Gasteiger partial charge in [0.2, 0.25) is 0 Å². The molecular weight excluding hydrogens is 212 g/mol. The van der Waals surface area contributed by atoms with E-state index in [1.165, 1.54) is 31.6 Å². The fraction of sp³-hybridized carbons (Fsp3) is 0.571. The van der Waals surface area contributed by atoms with Crippen LogP contribution in [0.3, 0.4) is 0 Å². The molecule has 0 aliphatic carbocycles. The topological polar surface area (TPSA) is 38.5 Å². The van der Waals surface area contributed by atoms with Gasteiger partial charge >= 0.3 is 0 Å². The predicted molar refractivity (Wildman–Crippen MR) is 71.6 cm³/mol. The van der Waals surface area contributed by atoms with Crippen molar-refractivity contribution in [2.75, 3.05) is 31.6 Å². The Balaban J connectivity index is 1.90. The van der Waals surface area contributed by atoms with Crippen LogP contribution >= 0.6 is 0 Å². The van der Waals surface area contributed by atoms with Crippen molar-refractivity contribution in [3.8, 4) is 5.75 Å². The maximum Gasteiger partial charge on any atom is 0.119 e. The van der Waals surface area contributed by atoms with E-state index in [9.17, 15) is 0 Å². The van der Waals surface area contributed by atoms with E-state index < -0.39 is 0 Å². The first-order valence-corrected chi connectivity index (χ1v) is 6.42. The van der Waals surface area contributed by atoms with Gasteiger partial charge in [0.15, 0.2) is 0 Å². The number of nitrogens with two attached hydrogens (primary N) is 1. The maximum atomic E-state index is 5.56. The van der Waals surface area contributed by atoms with Gasteiger partial charge in [0.05, 0.1) is 7.11 Å². The van der Waals surface area contributed by atoms with Gasteiger partial charge in [-0.2, -0.15) is 0 Å². The van der Waals surface area contributed by atoms with Crippen LogP contribution in [0.25, 0.3) is 0 Å². The lowest BCUT2D eigenvalue weighted by Gasteiger charge is -2.19. The number of methoxy groups -OCH3 is 1. The van der Waals surface area contributed by atoms with Crippen molar-refractivity contribution in [2.24, 2.45) is 11.7 Å². The lowest BCUT2D eigenvalue weighted by atomic mass is 10.0. The average molecular weight is 234 g/mol. The summed E-state index contributed by atoms with van der Waals surface area (Å²) >= 11 is 0. The molecule has 1 atom stereocenters. The van der Waals surface area contributed by atoms with Crippen LogP contribution in [-0.4, -0.2) is 26.7 Å². The van der Waals surface area contributed by atoms with Crippen molar-refractivity contribution in [1.29, 1.82) is 0 Å². The van der Waals surface area contributed by atoms with Crippen molar-refractivity contribution >= 4 is 5.69 Å². The molecule has 0 radical (unpaired) electrons. The van der Waals surface area contributed by atoms with E-state index in [1.54, 1.807) is 7.11 Å². The molecule has 0 bridgehead atoms. The minimum atomic E-state index is 0.818. The molecule has 2 rings (SSSR count). The maximum absolute atomic E-state index is 5.56. The number of benzene rings is 1. The summed E-state index contributed by atoms with van der Waals surface area (Å²) in [7, 11) is 1.70. The third-order valence-corrected chi connectivity index (χ3v) is 3.54. The quantitative estimate of drug-likeness (QED) is 0.849. The summed E-state index contributed by atoms with van der Waals surface area (Å²) < 4.78 is 5.17. The molecule has 1 aliphatic heterocycles. The molecule has 0 saturated carbocycles. The molecule has 1 saturated heterocycles. The molecule has 0 aromatic heterocycles. The molecule has 94 valence electrons. The Morgan fingerprint density at radius 3 is 2.76 bits per heavy atom. The van der Waals surface area contributed by atoms with Gasteiger partial charge in [-0.05, 0) is 56.0 Å². The van der Waals surface area contributed by atoms with Gasteiger partial charge in [0, 0.05) is 18.8 Å². The molecule has 1 aromatic carbocycles. The molecule has 0 spiro atoms. The number of hydrogen-bond donors (Lipinski definition) is 1. The molecule has 1 aliphatic rings.